The molecule has 712 valence electrons. The zero-order chi connectivity index (χ0) is 92.1. The number of thiazole rings is 2. The summed E-state index contributed by atoms with van der Waals surface area (Å²) in [6.45, 7) is 21.5. The second-order valence-electron chi connectivity index (χ2n) is 33.4. The molecule has 8 aromatic rings. The molecule has 4 aliphatic rings. The Morgan fingerprint density at radius 3 is 1.09 bits per heavy atom. The average Bonchev–Trinajstić information content (AvgIpc) is 1.81. The van der Waals surface area contributed by atoms with Gasteiger partial charge in [-0.15, -0.1) is 0 Å². The summed E-state index contributed by atoms with van der Waals surface area (Å²) in [6, 6.07) is 41.7. The van der Waals surface area contributed by atoms with Crippen LogP contribution < -0.4 is 45.2 Å². The smallest absolute Gasteiger partial charge is 0.330 e. The molecule has 0 unspecified atom stereocenters. The monoisotopic (exact) mass is 1840 g/mol. The highest BCUT2D eigenvalue weighted by Crippen LogP contribution is 2.42. The second-order valence-corrected chi connectivity index (χ2v) is 35.5. The predicted octanol–water partition coefficient (Wildman–Crippen LogP) is 23.0. The third-order valence-electron chi connectivity index (χ3n) is 23.9. The molecule has 0 bridgehead atoms. The van der Waals surface area contributed by atoms with Crippen LogP contribution >= 0.6 is 22.7 Å². The van der Waals surface area contributed by atoms with Crippen LogP contribution in [0.4, 0.5) is 10.3 Å². The number of benzene rings is 6. The van der Waals surface area contributed by atoms with Gasteiger partial charge in [0.2, 0.25) is 0 Å². The first kappa shape index (κ1) is 106. The summed E-state index contributed by atoms with van der Waals surface area (Å²) in [4.78, 5) is 94.7. The summed E-state index contributed by atoms with van der Waals surface area (Å²) >= 11 is 3.48. The molecule has 6 N–H and O–H groups in total. The van der Waals surface area contributed by atoms with Crippen molar-refractivity contribution in [3.63, 3.8) is 0 Å². The lowest BCUT2D eigenvalue weighted by Crippen LogP contribution is -2.30. The number of carbonyl (C=O) groups is 7. The van der Waals surface area contributed by atoms with Crippen molar-refractivity contribution in [1.82, 2.24) is 16.1 Å². The van der Waals surface area contributed by atoms with Crippen LogP contribution in [0, 0.1) is 40.9 Å². The first-order valence-electron chi connectivity index (χ1n) is 47.2. The summed E-state index contributed by atoms with van der Waals surface area (Å²) in [7, 11) is 0. The highest BCUT2D eigenvalue weighted by Gasteiger charge is 2.35. The van der Waals surface area contributed by atoms with Gasteiger partial charge in [0.15, 0.2) is 16.5 Å². The van der Waals surface area contributed by atoms with Crippen LogP contribution in [0.1, 0.15) is 246 Å². The molecule has 12 rings (SSSR count). The van der Waals surface area contributed by atoms with E-state index in [2.05, 4.69) is 104 Å². The summed E-state index contributed by atoms with van der Waals surface area (Å²) < 4.78 is 67.8. The molecule has 2 aromatic heterocycles. The third kappa shape index (κ3) is 38.5. The van der Waals surface area contributed by atoms with Crippen LogP contribution in [0.5, 0.6) is 34.5 Å². The highest BCUT2D eigenvalue weighted by molar-refractivity contribution is 7.22. The minimum atomic E-state index is -0.482. The van der Waals surface area contributed by atoms with Crippen molar-refractivity contribution in [2.75, 3.05) is 103 Å². The quantitative estimate of drug-likeness (QED) is 0.00687. The molecular formula is C104H140N6O19S2. The SMILES string of the molecule is C=CC(=O)OCCOCCOCCOc1ccc(OC(=O)C2CCC(C(=O)Oc3ccc(C4CCC(CCC)CC4)cc3C=N)CC2)cc1.C=CC(=O)OCCOCCOCCOc1ccc(OC(=O)C2CCC(C(=O)Oc3ccc(C4CCC(CCC)CC4)cc3C=O)CC2)cc1.CCCCCCNc1nc2ccccc2s1.CCCCCCNc1nc2ccccc2s1.N. The molecule has 25 nitrogen and oxygen atoms in total. The van der Waals surface area contributed by atoms with E-state index in [0.717, 1.165) is 83.1 Å². The van der Waals surface area contributed by atoms with Crippen molar-refractivity contribution in [3.8, 4) is 34.5 Å². The minimum absolute atomic E-state index is 0. The first-order chi connectivity index (χ1) is 63.6. The zero-order valence-corrected chi connectivity index (χ0v) is 79.1. The van der Waals surface area contributed by atoms with Gasteiger partial charge in [0.1, 0.15) is 60.9 Å². The molecule has 2 heterocycles. The van der Waals surface area contributed by atoms with Crippen molar-refractivity contribution >= 4 is 102 Å². The van der Waals surface area contributed by atoms with Crippen LogP contribution in [-0.4, -0.2) is 151 Å². The Hall–Kier alpha value is -10.3. The summed E-state index contributed by atoms with van der Waals surface area (Å²) in [5.41, 5.74) is 5.61. The van der Waals surface area contributed by atoms with Crippen molar-refractivity contribution in [1.29, 1.82) is 5.41 Å². The van der Waals surface area contributed by atoms with Crippen LogP contribution in [0.25, 0.3) is 20.4 Å². The van der Waals surface area contributed by atoms with E-state index >= 15 is 0 Å². The van der Waals surface area contributed by atoms with E-state index < -0.39 is 11.9 Å². The largest absolute Gasteiger partial charge is 0.491 e. The average molecular weight is 1840 g/mol. The number of fused-ring (bicyclic) bond motifs is 2. The predicted molar refractivity (Wildman–Crippen MR) is 518 cm³/mol. The number of aromatic nitrogens is 2. The van der Waals surface area contributed by atoms with E-state index in [0.29, 0.717) is 162 Å². The van der Waals surface area contributed by atoms with E-state index in [-0.39, 0.29) is 80.1 Å². The van der Waals surface area contributed by atoms with Gasteiger partial charge >= 0.3 is 35.8 Å². The number of aldehydes is 1. The van der Waals surface area contributed by atoms with E-state index in [4.69, 9.17) is 62.3 Å². The number of carbonyl (C=O) groups excluding carboxylic acids is 7. The number of anilines is 2. The van der Waals surface area contributed by atoms with Crippen LogP contribution in [0.15, 0.2) is 159 Å². The second kappa shape index (κ2) is 61.5. The zero-order valence-electron chi connectivity index (χ0n) is 77.4. The highest BCUT2D eigenvalue weighted by atomic mass is 32.1. The maximum Gasteiger partial charge on any atom is 0.330 e. The van der Waals surface area contributed by atoms with E-state index in [1.165, 1.54) is 137 Å². The number of hydrogen-bond acceptors (Lipinski definition) is 27. The van der Waals surface area contributed by atoms with Crippen LogP contribution in [0.2, 0.25) is 0 Å². The molecule has 4 fully saturated rings. The van der Waals surface area contributed by atoms with Crippen molar-refractivity contribution < 1.29 is 90.4 Å². The van der Waals surface area contributed by atoms with E-state index in [9.17, 15) is 33.6 Å². The number of esters is 6. The number of ether oxygens (including phenoxy) is 12. The Balaban J connectivity index is 0.000000240. The van der Waals surface area contributed by atoms with Gasteiger partial charge in [0.25, 0.3) is 0 Å². The van der Waals surface area contributed by atoms with Crippen molar-refractivity contribution in [3.05, 3.63) is 181 Å². The molecule has 0 atom stereocenters. The Labute approximate surface area is 782 Å². The summed E-state index contributed by atoms with van der Waals surface area (Å²) in [6.07, 6.45) is 33.5. The number of nitrogens with one attached hydrogen (secondary N) is 3. The Kier molecular flexibility index (Phi) is 49.8. The molecule has 0 spiro atoms. The van der Waals surface area contributed by atoms with Crippen LogP contribution in [-0.2, 0) is 57.2 Å². The molecular weight excluding hydrogens is 1700 g/mol. The number of hydrogen-bond donors (Lipinski definition) is 4. The van der Waals surface area contributed by atoms with Crippen molar-refractivity contribution in [2.45, 2.75) is 219 Å². The van der Waals surface area contributed by atoms with Gasteiger partial charge in [-0.1, -0.05) is 164 Å². The number of nitrogens with zero attached hydrogens (tertiary/aromatic N) is 2. The lowest BCUT2D eigenvalue weighted by molar-refractivity contribution is -0.145. The standard InChI is InChI=1S/C39H51NO9.C39H50O10.2C13H18N2S.H3N/c2*1-3-5-28-6-8-29(9-7-28)32-14-19-36(33(26-32)27-40)49-39(43)31-12-10-30(11-13-31)38(42)48-35-17-15-34(16-18-35)46-24-22-44-20-21-45-23-25-47-37(41)4-2;2*1-2-3-4-7-10-14-13-15-11-8-5-6-9-12(11)16-13;/h4,14-19,26-31,40H,2-3,5-13,20-25H2,1H3;4,14-19,26-31H,2-3,5-13,20-25H2,1H3;2*5-6,8-9H,2-4,7,10H2,1H3,(H,14,15);1H3. The lowest BCUT2D eigenvalue weighted by atomic mass is 9.77. The van der Waals surface area contributed by atoms with E-state index in [1.807, 2.05) is 36.4 Å². The fourth-order valence-corrected chi connectivity index (χ4v) is 18.3. The Morgan fingerprint density at radius 1 is 0.397 bits per heavy atom. The van der Waals surface area contributed by atoms with E-state index in [1.54, 1.807) is 77.3 Å². The molecule has 4 aliphatic carbocycles. The molecule has 27 heteroatoms. The Morgan fingerprint density at radius 2 is 0.740 bits per heavy atom. The van der Waals surface area contributed by atoms with Gasteiger partial charge in [-0.3, -0.25) is 24.0 Å². The lowest BCUT2D eigenvalue weighted by Gasteiger charge is -2.29. The number of rotatable bonds is 50. The minimum Gasteiger partial charge on any atom is -0.491 e. The Bertz CT molecular complexity index is 4340. The number of unbranched alkanes of at least 4 members (excludes halogenated alkanes) is 6. The van der Waals surface area contributed by atoms with Gasteiger partial charge in [-0.05, 0) is 247 Å². The van der Waals surface area contributed by atoms with Crippen LogP contribution in [0.3, 0.4) is 0 Å². The topological polar surface area (TPSA) is 339 Å². The van der Waals surface area contributed by atoms with Gasteiger partial charge in [-0.2, -0.15) is 0 Å². The molecule has 0 aliphatic heterocycles. The van der Waals surface area contributed by atoms with Gasteiger partial charge in [0.05, 0.1) is 103 Å². The maximum atomic E-state index is 13.1. The fourth-order valence-electron chi connectivity index (χ4n) is 16.5. The fraction of sp³-hybridized carbons (Fsp3) is 0.519. The third-order valence-corrected chi connectivity index (χ3v) is 25.9. The van der Waals surface area contributed by atoms with Gasteiger partial charge in [0, 0.05) is 37.0 Å². The summed E-state index contributed by atoms with van der Waals surface area (Å²) in [5.74, 6) is 1.93. The van der Waals surface area contributed by atoms with Gasteiger partial charge in [-0.25, -0.2) is 19.6 Å². The van der Waals surface area contributed by atoms with Crippen molar-refractivity contribution in [2.24, 2.45) is 35.5 Å². The normalized spacial score (nSPS) is 18.0. The molecule has 6 aromatic carbocycles. The molecule has 131 heavy (non-hydrogen) atoms. The molecule has 0 amide bonds. The first-order valence-corrected chi connectivity index (χ1v) is 48.9. The molecule has 0 radical (unpaired) electrons. The summed E-state index contributed by atoms with van der Waals surface area (Å²) in [5, 5.41) is 16.8. The molecule has 4 saturated carbocycles. The molecule has 0 saturated heterocycles. The maximum absolute atomic E-state index is 13.1. The van der Waals surface area contributed by atoms with Gasteiger partial charge < -0.3 is 79.0 Å². The number of para-hydroxylation sites is 2.